The SMILES string of the molecule is COCCn1c(=O)n(C2CCN(C(=O)C3CCN(Cc4ccncc4)CC3)CC2)c2cc(Cl)c(Cl)cc21. The number of pyridine rings is 1. The fourth-order valence-corrected chi connectivity index (χ4v) is 6.03. The number of nitrogens with zero attached hydrogens (tertiary/aromatic N) is 5. The van der Waals surface area contributed by atoms with Crippen molar-refractivity contribution in [3.8, 4) is 0 Å². The van der Waals surface area contributed by atoms with Crippen LogP contribution in [0.5, 0.6) is 0 Å². The lowest BCUT2D eigenvalue weighted by atomic mass is 9.93. The van der Waals surface area contributed by atoms with Gasteiger partial charge in [0.25, 0.3) is 0 Å². The van der Waals surface area contributed by atoms with E-state index in [1.165, 1.54) is 5.56 Å². The van der Waals surface area contributed by atoms with E-state index in [4.69, 9.17) is 27.9 Å². The van der Waals surface area contributed by atoms with E-state index in [1.807, 2.05) is 34.0 Å². The maximum absolute atomic E-state index is 13.4. The molecular formula is C27H33Cl2N5O3. The molecule has 198 valence electrons. The van der Waals surface area contributed by atoms with Crippen LogP contribution >= 0.6 is 23.2 Å². The first-order chi connectivity index (χ1) is 18.0. The van der Waals surface area contributed by atoms with Gasteiger partial charge >= 0.3 is 5.69 Å². The summed E-state index contributed by atoms with van der Waals surface area (Å²) in [4.78, 5) is 35.3. The summed E-state index contributed by atoms with van der Waals surface area (Å²) in [6.07, 6.45) is 6.88. The molecule has 2 aliphatic rings. The Hall–Kier alpha value is -2.39. The molecule has 2 aromatic heterocycles. The highest BCUT2D eigenvalue weighted by molar-refractivity contribution is 6.42. The molecule has 2 aliphatic heterocycles. The third kappa shape index (κ3) is 5.58. The maximum atomic E-state index is 13.4. The molecule has 8 nitrogen and oxygen atoms in total. The van der Waals surface area contributed by atoms with Crippen LogP contribution in [-0.2, 0) is 22.6 Å². The van der Waals surface area contributed by atoms with E-state index in [9.17, 15) is 9.59 Å². The first-order valence-electron chi connectivity index (χ1n) is 12.9. The summed E-state index contributed by atoms with van der Waals surface area (Å²) >= 11 is 12.6. The van der Waals surface area contributed by atoms with Gasteiger partial charge in [0, 0.05) is 51.1 Å². The molecule has 4 heterocycles. The zero-order valence-corrected chi connectivity index (χ0v) is 22.6. The minimum atomic E-state index is -0.0864. The molecule has 37 heavy (non-hydrogen) atoms. The fraction of sp³-hybridized carbons (Fsp3) is 0.519. The Labute approximate surface area is 226 Å². The molecule has 3 aromatic rings. The summed E-state index contributed by atoms with van der Waals surface area (Å²) in [5, 5.41) is 0.847. The van der Waals surface area contributed by atoms with Gasteiger partial charge in [0.15, 0.2) is 0 Å². The van der Waals surface area contributed by atoms with E-state index in [0.717, 1.165) is 56.4 Å². The Bertz CT molecular complexity index is 1290. The number of carbonyl (C=O) groups is 1. The third-order valence-corrected chi connectivity index (χ3v) is 8.48. The van der Waals surface area contributed by atoms with Gasteiger partial charge in [0.1, 0.15) is 0 Å². The van der Waals surface area contributed by atoms with Crippen LogP contribution in [0, 0.1) is 5.92 Å². The molecule has 2 fully saturated rings. The van der Waals surface area contributed by atoms with Gasteiger partial charge in [0.2, 0.25) is 5.91 Å². The van der Waals surface area contributed by atoms with Crippen molar-refractivity contribution in [3.63, 3.8) is 0 Å². The standard InChI is InChI=1S/C27H33Cl2N5O3/c1-37-15-14-33-24-16-22(28)23(29)17-25(24)34(27(33)36)21-6-12-32(13-7-21)26(35)20-4-10-31(11-5-20)18-19-2-8-30-9-3-19/h2-3,8-9,16-17,20-21H,4-7,10-15,18H2,1H3. The van der Waals surface area contributed by atoms with Crippen molar-refractivity contribution in [2.24, 2.45) is 5.92 Å². The minimum absolute atomic E-state index is 0.00213. The second-order valence-electron chi connectivity index (χ2n) is 10.0. The third-order valence-electron chi connectivity index (χ3n) is 7.76. The summed E-state index contributed by atoms with van der Waals surface area (Å²) in [7, 11) is 1.62. The lowest BCUT2D eigenvalue weighted by molar-refractivity contribution is -0.138. The minimum Gasteiger partial charge on any atom is -0.383 e. The average Bonchev–Trinajstić information content (AvgIpc) is 3.18. The summed E-state index contributed by atoms with van der Waals surface area (Å²) in [6, 6.07) is 7.63. The highest BCUT2D eigenvalue weighted by Gasteiger charge is 2.32. The summed E-state index contributed by atoms with van der Waals surface area (Å²) < 4.78 is 8.76. The van der Waals surface area contributed by atoms with Crippen molar-refractivity contribution in [3.05, 3.63) is 62.8 Å². The van der Waals surface area contributed by atoms with Crippen LogP contribution in [0.3, 0.4) is 0 Å². The average molecular weight is 546 g/mol. The Morgan fingerprint density at radius 1 is 1.00 bits per heavy atom. The van der Waals surface area contributed by atoms with E-state index in [0.29, 0.717) is 36.3 Å². The Balaban J connectivity index is 1.23. The van der Waals surface area contributed by atoms with Gasteiger partial charge in [-0.25, -0.2) is 4.79 Å². The predicted octanol–water partition coefficient (Wildman–Crippen LogP) is 4.23. The molecule has 0 radical (unpaired) electrons. The molecule has 10 heteroatoms. The number of imidazole rings is 1. The van der Waals surface area contributed by atoms with Crippen molar-refractivity contribution >= 4 is 40.1 Å². The van der Waals surface area contributed by atoms with Crippen LogP contribution in [0.25, 0.3) is 11.0 Å². The Morgan fingerprint density at radius 2 is 1.65 bits per heavy atom. The lowest BCUT2D eigenvalue weighted by Gasteiger charge is -2.37. The summed E-state index contributed by atoms with van der Waals surface area (Å²) in [5.74, 6) is 0.330. The lowest BCUT2D eigenvalue weighted by Crippen LogP contribution is -2.46. The van der Waals surface area contributed by atoms with E-state index in [1.54, 1.807) is 23.8 Å². The van der Waals surface area contributed by atoms with E-state index in [2.05, 4.69) is 9.88 Å². The largest absolute Gasteiger partial charge is 0.383 e. The smallest absolute Gasteiger partial charge is 0.329 e. The van der Waals surface area contributed by atoms with Crippen molar-refractivity contribution < 1.29 is 9.53 Å². The number of methoxy groups -OCH3 is 1. The van der Waals surface area contributed by atoms with Crippen molar-refractivity contribution in [2.75, 3.05) is 39.9 Å². The van der Waals surface area contributed by atoms with Gasteiger partial charge < -0.3 is 9.64 Å². The van der Waals surface area contributed by atoms with Crippen LogP contribution in [0.4, 0.5) is 0 Å². The number of hydrogen-bond acceptors (Lipinski definition) is 5. The predicted molar refractivity (Wildman–Crippen MR) is 145 cm³/mol. The van der Waals surface area contributed by atoms with E-state index in [-0.39, 0.29) is 23.6 Å². The van der Waals surface area contributed by atoms with Crippen LogP contribution in [0.15, 0.2) is 41.5 Å². The van der Waals surface area contributed by atoms with Gasteiger partial charge in [-0.15, -0.1) is 0 Å². The number of amides is 1. The zero-order valence-electron chi connectivity index (χ0n) is 21.1. The topological polar surface area (TPSA) is 72.6 Å². The number of likely N-dealkylation sites (tertiary alicyclic amines) is 2. The van der Waals surface area contributed by atoms with Crippen molar-refractivity contribution in [2.45, 2.75) is 44.8 Å². The van der Waals surface area contributed by atoms with Crippen LogP contribution in [0.1, 0.15) is 37.3 Å². The zero-order chi connectivity index (χ0) is 25.9. The van der Waals surface area contributed by atoms with Gasteiger partial charge in [0.05, 0.1) is 34.2 Å². The Morgan fingerprint density at radius 3 is 2.30 bits per heavy atom. The van der Waals surface area contributed by atoms with Gasteiger partial charge in [-0.1, -0.05) is 23.2 Å². The number of rotatable bonds is 7. The number of aromatic nitrogens is 3. The quantitative estimate of drug-likeness (QED) is 0.444. The number of fused-ring (bicyclic) bond motifs is 1. The monoisotopic (exact) mass is 545 g/mol. The number of piperidine rings is 2. The van der Waals surface area contributed by atoms with Crippen LogP contribution < -0.4 is 5.69 Å². The number of carbonyl (C=O) groups excluding carboxylic acids is 1. The molecule has 0 unspecified atom stereocenters. The van der Waals surface area contributed by atoms with Gasteiger partial charge in [-0.3, -0.25) is 23.8 Å². The van der Waals surface area contributed by atoms with Gasteiger partial charge in [-0.05, 0) is 68.6 Å². The van der Waals surface area contributed by atoms with Crippen molar-refractivity contribution in [1.82, 2.24) is 23.9 Å². The molecule has 2 saturated heterocycles. The first-order valence-corrected chi connectivity index (χ1v) is 13.7. The van der Waals surface area contributed by atoms with Crippen LogP contribution in [-0.4, -0.2) is 69.7 Å². The summed E-state index contributed by atoms with van der Waals surface area (Å²) in [5.41, 5.74) is 2.70. The highest BCUT2D eigenvalue weighted by atomic mass is 35.5. The van der Waals surface area contributed by atoms with Crippen molar-refractivity contribution in [1.29, 1.82) is 0 Å². The molecule has 0 bridgehead atoms. The molecule has 0 saturated carbocycles. The number of ether oxygens (including phenoxy) is 1. The van der Waals surface area contributed by atoms with Gasteiger partial charge in [-0.2, -0.15) is 0 Å². The molecule has 1 aromatic carbocycles. The normalized spacial score (nSPS) is 18.1. The molecule has 1 amide bonds. The molecule has 5 rings (SSSR count). The van der Waals surface area contributed by atoms with E-state index >= 15 is 0 Å². The van der Waals surface area contributed by atoms with Crippen LogP contribution in [0.2, 0.25) is 10.0 Å². The molecular weight excluding hydrogens is 513 g/mol. The molecule has 0 atom stereocenters. The maximum Gasteiger partial charge on any atom is 0.329 e. The number of benzene rings is 1. The molecule has 0 aliphatic carbocycles. The summed E-state index contributed by atoms with van der Waals surface area (Å²) in [6.45, 7) is 4.92. The second kappa shape index (κ2) is 11.6. The number of hydrogen-bond donors (Lipinski definition) is 0. The second-order valence-corrected chi connectivity index (χ2v) is 10.8. The molecule has 0 N–H and O–H groups in total. The highest BCUT2D eigenvalue weighted by Crippen LogP contribution is 2.32. The Kier molecular flexibility index (Phi) is 8.19. The first kappa shape index (κ1) is 26.2. The molecule has 0 spiro atoms. The van der Waals surface area contributed by atoms with E-state index < -0.39 is 0 Å². The fourth-order valence-electron chi connectivity index (χ4n) is 5.71. The number of halogens is 2.